The van der Waals surface area contributed by atoms with Gasteiger partial charge in [0.15, 0.2) is 15.7 Å². The largest absolute Gasteiger partial charge is 0.409 e. The van der Waals surface area contributed by atoms with Crippen LogP contribution in [0.25, 0.3) is 0 Å². The number of oxime groups is 1. The van der Waals surface area contributed by atoms with Gasteiger partial charge < -0.3 is 16.3 Å². The summed E-state index contributed by atoms with van der Waals surface area (Å²) in [6, 6.07) is -0.361. The molecule has 0 bridgehead atoms. The number of hydrogen-bond donors (Lipinski definition) is 3. The predicted molar refractivity (Wildman–Crippen MR) is 64.9 cm³/mol. The second-order valence-corrected chi connectivity index (χ2v) is 7.22. The molecule has 1 atom stereocenters. The number of hydrogen-bond acceptors (Lipinski definition) is 5. The molecule has 0 aromatic rings. The maximum absolute atomic E-state index is 12.0. The smallest absolute Gasteiger partial charge is 0.234 e. The van der Waals surface area contributed by atoms with Crippen LogP contribution in [0.2, 0.25) is 0 Å². The molecule has 1 heterocycles. The average Bonchev–Trinajstić information content (AvgIpc) is 3.07. The van der Waals surface area contributed by atoms with Gasteiger partial charge in [0.1, 0.15) is 5.41 Å². The van der Waals surface area contributed by atoms with Gasteiger partial charge in [-0.15, -0.1) is 0 Å². The van der Waals surface area contributed by atoms with Crippen LogP contribution in [-0.2, 0) is 14.6 Å². The monoisotopic (exact) mass is 275 g/mol. The third-order valence-corrected chi connectivity index (χ3v) is 5.40. The van der Waals surface area contributed by atoms with E-state index in [0.29, 0.717) is 25.7 Å². The number of rotatable bonds is 3. The van der Waals surface area contributed by atoms with Crippen molar-refractivity contribution in [3.05, 3.63) is 0 Å². The Balaban J connectivity index is 2.00. The lowest BCUT2D eigenvalue weighted by Gasteiger charge is -2.25. The third kappa shape index (κ3) is 2.43. The SMILES string of the molecule is NC(=NO)C1(C(=O)NC2CCCS(=O)(=O)C2)CC1. The van der Waals surface area contributed by atoms with Crippen molar-refractivity contribution < 1.29 is 18.4 Å². The molecule has 2 fully saturated rings. The van der Waals surface area contributed by atoms with Crippen LogP contribution in [0.3, 0.4) is 0 Å². The van der Waals surface area contributed by atoms with Gasteiger partial charge >= 0.3 is 0 Å². The van der Waals surface area contributed by atoms with Crippen molar-refractivity contribution in [1.29, 1.82) is 0 Å². The maximum atomic E-state index is 12.0. The Kier molecular flexibility index (Phi) is 3.22. The lowest BCUT2D eigenvalue weighted by molar-refractivity contribution is -0.124. The van der Waals surface area contributed by atoms with E-state index in [1.165, 1.54) is 0 Å². The van der Waals surface area contributed by atoms with Crippen LogP contribution in [0, 0.1) is 5.41 Å². The summed E-state index contributed by atoms with van der Waals surface area (Å²) in [5.41, 5.74) is 4.57. The minimum atomic E-state index is -3.05. The molecular formula is C10H17N3O4S. The Morgan fingerprint density at radius 1 is 1.44 bits per heavy atom. The summed E-state index contributed by atoms with van der Waals surface area (Å²) in [6.45, 7) is 0. The summed E-state index contributed by atoms with van der Waals surface area (Å²) in [5, 5.41) is 14.2. The van der Waals surface area contributed by atoms with Crippen LogP contribution in [-0.4, -0.2) is 42.9 Å². The molecule has 0 radical (unpaired) electrons. The van der Waals surface area contributed by atoms with E-state index in [9.17, 15) is 13.2 Å². The summed E-state index contributed by atoms with van der Waals surface area (Å²) < 4.78 is 22.9. The van der Waals surface area contributed by atoms with E-state index in [1.807, 2.05) is 0 Å². The first-order chi connectivity index (χ1) is 8.39. The van der Waals surface area contributed by atoms with Gasteiger partial charge in [-0.25, -0.2) is 8.42 Å². The molecule has 2 aliphatic rings. The van der Waals surface area contributed by atoms with Crippen LogP contribution in [0.4, 0.5) is 0 Å². The van der Waals surface area contributed by atoms with E-state index in [4.69, 9.17) is 10.9 Å². The van der Waals surface area contributed by atoms with Crippen molar-refractivity contribution in [2.75, 3.05) is 11.5 Å². The van der Waals surface area contributed by atoms with E-state index in [-0.39, 0.29) is 29.3 Å². The van der Waals surface area contributed by atoms with Gasteiger partial charge in [0.05, 0.1) is 11.5 Å². The van der Waals surface area contributed by atoms with Crippen LogP contribution >= 0.6 is 0 Å². The number of carbonyl (C=O) groups is 1. The number of nitrogens with two attached hydrogens (primary N) is 1. The molecule has 102 valence electrons. The van der Waals surface area contributed by atoms with Crippen molar-refractivity contribution in [3.8, 4) is 0 Å². The Morgan fingerprint density at radius 2 is 2.11 bits per heavy atom. The van der Waals surface area contributed by atoms with E-state index >= 15 is 0 Å². The maximum Gasteiger partial charge on any atom is 0.234 e. The van der Waals surface area contributed by atoms with Crippen LogP contribution in [0.5, 0.6) is 0 Å². The number of nitrogens with zero attached hydrogens (tertiary/aromatic N) is 1. The molecule has 1 aliphatic heterocycles. The summed E-state index contributed by atoms with van der Waals surface area (Å²) >= 11 is 0. The van der Waals surface area contributed by atoms with Gasteiger partial charge in [-0.3, -0.25) is 4.79 Å². The fraction of sp³-hybridized carbons (Fsp3) is 0.800. The highest BCUT2D eigenvalue weighted by molar-refractivity contribution is 7.91. The number of sulfone groups is 1. The molecule has 4 N–H and O–H groups in total. The minimum absolute atomic E-state index is 0.0228. The quantitative estimate of drug-likeness (QED) is 0.269. The first-order valence-electron chi connectivity index (χ1n) is 5.89. The number of nitrogens with one attached hydrogen (secondary N) is 1. The lowest BCUT2D eigenvalue weighted by atomic mass is 10.0. The Labute approximate surface area is 105 Å². The highest BCUT2D eigenvalue weighted by Crippen LogP contribution is 2.46. The third-order valence-electron chi connectivity index (χ3n) is 3.58. The van der Waals surface area contributed by atoms with Gasteiger partial charge in [0.25, 0.3) is 0 Å². The van der Waals surface area contributed by atoms with Crippen molar-refractivity contribution in [2.24, 2.45) is 16.3 Å². The highest BCUT2D eigenvalue weighted by atomic mass is 32.2. The zero-order chi connectivity index (χ0) is 13.4. The Hall–Kier alpha value is -1.31. The van der Waals surface area contributed by atoms with Gasteiger partial charge in [0.2, 0.25) is 5.91 Å². The zero-order valence-corrected chi connectivity index (χ0v) is 10.7. The second-order valence-electron chi connectivity index (χ2n) is 4.99. The van der Waals surface area contributed by atoms with E-state index in [0.717, 1.165) is 0 Å². The first-order valence-corrected chi connectivity index (χ1v) is 7.71. The van der Waals surface area contributed by atoms with E-state index < -0.39 is 15.3 Å². The van der Waals surface area contributed by atoms with E-state index in [1.54, 1.807) is 0 Å². The fourth-order valence-corrected chi connectivity index (χ4v) is 3.92. The van der Waals surface area contributed by atoms with Crippen molar-refractivity contribution in [3.63, 3.8) is 0 Å². The molecule has 1 saturated carbocycles. The molecule has 1 unspecified atom stereocenters. The highest BCUT2D eigenvalue weighted by Gasteiger charge is 2.54. The van der Waals surface area contributed by atoms with Gasteiger partial charge in [-0.1, -0.05) is 5.16 Å². The molecule has 8 heteroatoms. The lowest BCUT2D eigenvalue weighted by Crippen LogP contribution is -2.49. The van der Waals surface area contributed by atoms with Gasteiger partial charge in [0, 0.05) is 6.04 Å². The summed E-state index contributed by atoms with van der Waals surface area (Å²) in [7, 11) is -3.05. The molecule has 18 heavy (non-hydrogen) atoms. The molecule has 1 aliphatic carbocycles. The summed E-state index contributed by atoms with van der Waals surface area (Å²) in [6.07, 6.45) is 2.28. The Bertz CT molecular complexity index is 481. The molecule has 1 saturated heterocycles. The molecule has 7 nitrogen and oxygen atoms in total. The van der Waals surface area contributed by atoms with Crippen LogP contribution in [0.1, 0.15) is 25.7 Å². The summed E-state index contributed by atoms with van der Waals surface area (Å²) in [5.74, 6) is -0.269. The van der Waals surface area contributed by atoms with Crippen LogP contribution < -0.4 is 11.1 Å². The number of amidine groups is 1. The topological polar surface area (TPSA) is 122 Å². The molecular weight excluding hydrogens is 258 g/mol. The number of carbonyl (C=O) groups excluding carboxylic acids is 1. The molecule has 1 amide bonds. The molecule has 2 rings (SSSR count). The predicted octanol–water partition coefficient (Wildman–Crippen LogP) is -0.794. The first kappa shape index (κ1) is 13.1. The average molecular weight is 275 g/mol. The molecule has 0 aromatic carbocycles. The fourth-order valence-electron chi connectivity index (χ4n) is 2.28. The standard InChI is InChI=1S/C10H17N3O4S/c11-8(13-15)10(3-4-10)9(14)12-7-2-1-5-18(16,17)6-7/h7,15H,1-6H2,(H2,11,13)(H,12,14). The van der Waals surface area contributed by atoms with Crippen molar-refractivity contribution >= 4 is 21.6 Å². The van der Waals surface area contributed by atoms with Crippen molar-refractivity contribution in [2.45, 2.75) is 31.7 Å². The Morgan fingerprint density at radius 3 is 2.61 bits per heavy atom. The van der Waals surface area contributed by atoms with Gasteiger partial charge in [-0.2, -0.15) is 0 Å². The van der Waals surface area contributed by atoms with Crippen molar-refractivity contribution in [1.82, 2.24) is 5.32 Å². The second kappa shape index (κ2) is 4.42. The zero-order valence-electron chi connectivity index (χ0n) is 9.92. The summed E-state index contributed by atoms with van der Waals surface area (Å²) in [4.78, 5) is 12.0. The molecule has 0 aromatic heterocycles. The van der Waals surface area contributed by atoms with E-state index in [2.05, 4.69) is 10.5 Å². The normalized spacial score (nSPS) is 29.6. The minimum Gasteiger partial charge on any atom is -0.409 e. The molecule has 0 spiro atoms. The van der Waals surface area contributed by atoms with Gasteiger partial charge in [-0.05, 0) is 25.7 Å². The number of amides is 1. The van der Waals surface area contributed by atoms with Crippen LogP contribution in [0.15, 0.2) is 5.16 Å².